The van der Waals surface area contributed by atoms with Gasteiger partial charge < -0.3 is 9.47 Å². The van der Waals surface area contributed by atoms with Crippen molar-refractivity contribution in [1.29, 1.82) is 0 Å². The lowest BCUT2D eigenvalue weighted by atomic mass is 9.88. The van der Waals surface area contributed by atoms with Gasteiger partial charge in [-0.3, -0.25) is 9.88 Å². The average molecular weight is 342 g/mol. The number of rotatable bonds is 4. The molecule has 5 heteroatoms. The van der Waals surface area contributed by atoms with Gasteiger partial charge in [0.15, 0.2) is 0 Å². The van der Waals surface area contributed by atoms with Crippen molar-refractivity contribution in [2.24, 2.45) is 0 Å². The van der Waals surface area contributed by atoms with Crippen molar-refractivity contribution in [3.8, 4) is 5.75 Å². The van der Waals surface area contributed by atoms with Crippen molar-refractivity contribution in [2.75, 3.05) is 19.7 Å². The summed E-state index contributed by atoms with van der Waals surface area (Å²) in [4.78, 5) is 6.10. The van der Waals surface area contributed by atoms with Crippen molar-refractivity contribution >= 4 is 0 Å². The summed E-state index contributed by atoms with van der Waals surface area (Å²) in [6.45, 7) is 3.11. The summed E-state index contributed by atoms with van der Waals surface area (Å²) in [6.07, 6.45) is 5.91. The van der Waals surface area contributed by atoms with Crippen molar-refractivity contribution < 1.29 is 13.9 Å². The first-order valence-electron chi connectivity index (χ1n) is 8.89. The fourth-order valence-electron chi connectivity index (χ4n) is 3.81. The van der Waals surface area contributed by atoms with Gasteiger partial charge >= 0.3 is 0 Å². The van der Waals surface area contributed by atoms with Crippen LogP contribution in [0.1, 0.15) is 24.8 Å². The maximum absolute atomic E-state index is 13.8. The van der Waals surface area contributed by atoms with Crippen molar-refractivity contribution in [2.45, 2.75) is 37.5 Å². The van der Waals surface area contributed by atoms with Crippen LogP contribution in [0.25, 0.3) is 0 Å². The van der Waals surface area contributed by atoms with E-state index in [1.54, 1.807) is 12.3 Å². The van der Waals surface area contributed by atoms with Crippen molar-refractivity contribution in [3.63, 3.8) is 0 Å². The molecule has 0 N–H and O–H groups in total. The van der Waals surface area contributed by atoms with Crippen LogP contribution in [0.4, 0.5) is 4.39 Å². The van der Waals surface area contributed by atoms with Gasteiger partial charge in [0.05, 0.1) is 18.4 Å². The molecule has 2 saturated heterocycles. The molecule has 3 heterocycles. The Labute approximate surface area is 147 Å². The quantitative estimate of drug-likeness (QED) is 0.853. The molecule has 1 atom stereocenters. The van der Waals surface area contributed by atoms with Crippen LogP contribution in [0.5, 0.6) is 5.75 Å². The maximum atomic E-state index is 13.8. The largest absolute Gasteiger partial charge is 0.488 e. The number of halogens is 1. The van der Waals surface area contributed by atoms with Gasteiger partial charge in [0, 0.05) is 37.8 Å². The van der Waals surface area contributed by atoms with Crippen LogP contribution in [-0.2, 0) is 11.3 Å². The van der Waals surface area contributed by atoms with Gasteiger partial charge in [-0.15, -0.1) is 0 Å². The predicted octanol–water partition coefficient (Wildman–Crippen LogP) is 3.42. The molecular weight excluding hydrogens is 319 g/mol. The zero-order valence-electron chi connectivity index (χ0n) is 14.2. The molecule has 25 heavy (non-hydrogen) atoms. The van der Waals surface area contributed by atoms with Gasteiger partial charge in [-0.2, -0.15) is 0 Å². The third-order valence-electron chi connectivity index (χ3n) is 5.24. The van der Waals surface area contributed by atoms with Crippen LogP contribution < -0.4 is 4.74 Å². The molecule has 0 radical (unpaired) electrons. The highest BCUT2D eigenvalue weighted by atomic mass is 19.1. The molecule has 4 rings (SSSR count). The molecule has 2 fully saturated rings. The number of piperidine rings is 1. The van der Waals surface area contributed by atoms with E-state index in [-0.39, 0.29) is 17.5 Å². The third kappa shape index (κ3) is 3.83. The fraction of sp³-hybridized carbons (Fsp3) is 0.450. The molecule has 0 aliphatic carbocycles. The van der Waals surface area contributed by atoms with E-state index < -0.39 is 0 Å². The number of ether oxygens (including phenoxy) is 2. The van der Waals surface area contributed by atoms with Gasteiger partial charge in [0.1, 0.15) is 17.7 Å². The van der Waals surface area contributed by atoms with E-state index in [4.69, 9.17) is 9.47 Å². The van der Waals surface area contributed by atoms with Gasteiger partial charge in [-0.1, -0.05) is 18.2 Å². The summed E-state index contributed by atoms with van der Waals surface area (Å²) in [5.74, 6) is 0.676. The summed E-state index contributed by atoms with van der Waals surface area (Å²) in [7, 11) is 0. The topological polar surface area (TPSA) is 34.6 Å². The summed E-state index contributed by atoms with van der Waals surface area (Å²) in [5.41, 5.74) is 0.635. The monoisotopic (exact) mass is 342 g/mol. The van der Waals surface area contributed by atoms with E-state index in [1.165, 1.54) is 6.20 Å². The Bertz CT molecular complexity index is 702. The van der Waals surface area contributed by atoms with Crippen LogP contribution in [0.3, 0.4) is 0 Å². The Morgan fingerprint density at radius 2 is 2.00 bits per heavy atom. The lowest BCUT2D eigenvalue weighted by molar-refractivity contribution is -0.0456. The first-order valence-corrected chi connectivity index (χ1v) is 8.89. The summed E-state index contributed by atoms with van der Waals surface area (Å²) in [5, 5.41) is 0. The SMILES string of the molecule is Fc1cnccc1CN1CCC2(CC1)CC(Oc1ccccc1)CO2. The molecule has 1 spiro atoms. The molecule has 0 bridgehead atoms. The lowest BCUT2D eigenvalue weighted by Crippen LogP contribution is -2.44. The minimum atomic E-state index is -0.226. The number of aromatic nitrogens is 1. The number of nitrogens with zero attached hydrogens (tertiary/aromatic N) is 2. The zero-order chi connectivity index (χ0) is 17.1. The number of para-hydroxylation sites is 1. The lowest BCUT2D eigenvalue weighted by Gasteiger charge is -2.38. The first-order chi connectivity index (χ1) is 12.2. The highest BCUT2D eigenvalue weighted by Crippen LogP contribution is 2.37. The van der Waals surface area contributed by atoms with Crippen molar-refractivity contribution in [1.82, 2.24) is 9.88 Å². The number of hydrogen-bond donors (Lipinski definition) is 0. The highest BCUT2D eigenvalue weighted by molar-refractivity contribution is 5.21. The Morgan fingerprint density at radius 3 is 2.76 bits per heavy atom. The average Bonchev–Trinajstić information content (AvgIpc) is 3.02. The molecular formula is C20H23FN2O2. The second kappa shape index (κ2) is 7.10. The Balaban J connectivity index is 1.30. The van der Waals surface area contributed by atoms with Gasteiger partial charge in [-0.05, 0) is 31.0 Å². The number of pyridine rings is 1. The van der Waals surface area contributed by atoms with Crippen LogP contribution in [0.15, 0.2) is 48.8 Å². The molecule has 1 aromatic carbocycles. The second-order valence-corrected chi connectivity index (χ2v) is 6.99. The van der Waals surface area contributed by atoms with E-state index >= 15 is 0 Å². The van der Waals surface area contributed by atoms with E-state index in [2.05, 4.69) is 9.88 Å². The summed E-state index contributed by atoms with van der Waals surface area (Å²) < 4.78 is 26.0. The normalized spacial score (nSPS) is 23.0. The van der Waals surface area contributed by atoms with Crippen LogP contribution in [0, 0.1) is 5.82 Å². The van der Waals surface area contributed by atoms with Crippen LogP contribution in [0.2, 0.25) is 0 Å². The fourth-order valence-corrected chi connectivity index (χ4v) is 3.81. The third-order valence-corrected chi connectivity index (χ3v) is 5.24. The molecule has 1 aromatic heterocycles. The Morgan fingerprint density at radius 1 is 1.20 bits per heavy atom. The van der Waals surface area contributed by atoms with E-state index in [0.29, 0.717) is 18.7 Å². The number of benzene rings is 1. The van der Waals surface area contributed by atoms with E-state index in [9.17, 15) is 4.39 Å². The van der Waals surface area contributed by atoms with Crippen LogP contribution in [-0.4, -0.2) is 41.3 Å². The summed E-state index contributed by atoms with van der Waals surface area (Å²) in [6, 6.07) is 11.7. The zero-order valence-corrected chi connectivity index (χ0v) is 14.2. The van der Waals surface area contributed by atoms with Crippen LogP contribution >= 0.6 is 0 Å². The molecule has 2 aliphatic heterocycles. The van der Waals surface area contributed by atoms with Gasteiger partial charge in [-0.25, -0.2) is 4.39 Å². The number of hydrogen-bond acceptors (Lipinski definition) is 4. The van der Waals surface area contributed by atoms with E-state index in [1.807, 2.05) is 30.3 Å². The van der Waals surface area contributed by atoms with Crippen molar-refractivity contribution in [3.05, 3.63) is 60.2 Å². The molecule has 4 nitrogen and oxygen atoms in total. The predicted molar refractivity (Wildman–Crippen MR) is 92.9 cm³/mol. The minimum absolute atomic E-state index is 0.0767. The molecule has 0 amide bonds. The molecule has 2 aromatic rings. The maximum Gasteiger partial charge on any atom is 0.145 e. The van der Waals surface area contributed by atoms with Gasteiger partial charge in [0.25, 0.3) is 0 Å². The molecule has 132 valence electrons. The Kier molecular flexibility index (Phi) is 4.68. The molecule has 1 unspecified atom stereocenters. The van der Waals surface area contributed by atoms with Gasteiger partial charge in [0.2, 0.25) is 0 Å². The molecule has 0 saturated carbocycles. The first kappa shape index (κ1) is 16.5. The Hall–Kier alpha value is -1.98. The smallest absolute Gasteiger partial charge is 0.145 e. The standard InChI is InChI=1S/C20H23FN2O2/c21-19-13-22-9-6-16(19)14-23-10-7-20(8-11-23)12-18(15-24-20)25-17-4-2-1-3-5-17/h1-6,9,13,18H,7-8,10-12,14-15H2. The second-order valence-electron chi connectivity index (χ2n) is 6.99. The van der Waals surface area contributed by atoms with E-state index in [0.717, 1.165) is 38.1 Å². The summed E-state index contributed by atoms with van der Waals surface area (Å²) >= 11 is 0. The number of likely N-dealkylation sites (tertiary alicyclic amines) is 1. The highest BCUT2D eigenvalue weighted by Gasteiger charge is 2.43. The minimum Gasteiger partial charge on any atom is -0.488 e. The molecule has 2 aliphatic rings.